The van der Waals surface area contributed by atoms with Gasteiger partial charge in [0.25, 0.3) is 0 Å². The van der Waals surface area contributed by atoms with E-state index in [1.54, 1.807) is 11.3 Å². The number of hydrogen-bond acceptors (Lipinski definition) is 4. The van der Waals surface area contributed by atoms with Crippen LogP contribution in [-0.2, 0) is 12.8 Å². The highest BCUT2D eigenvalue weighted by atomic mass is 79.9. The van der Waals surface area contributed by atoms with Gasteiger partial charge < -0.3 is 5.32 Å². The molecule has 0 radical (unpaired) electrons. The van der Waals surface area contributed by atoms with Crippen molar-refractivity contribution in [1.29, 1.82) is 0 Å². The minimum absolute atomic E-state index is 0.266. The monoisotopic (exact) mass is 342 g/mol. The molecule has 2 aromatic heterocycles. The number of thiophene rings is 1. The summed E-state index contributed by atoms with van der Waals surface area (Å²) in [4.78, 5) is 7.69. The second-order valence-electron chi connectivity index (χ2n) is 4.41. The van der Waals surface area contributed by atoms with Crippen LogP contribution in [0.5, 0.6) is 0 Å². The molecule has 1 N–H and O–H groups in total. The SMILES string of the molecule is CCNC(c1ccc(Br)s1)c1nc2c(s1)CCC2. The molecule has 18 heavy (non-hydrogen) atoms. The van der Waals surface area contributed by atoms with Crippen molar-refractivity contribution in [2.45, 2.75) is 32.2 Å². The summed E-state index contributed by atoms with van der Waals surface area (Å²) in [6, 6.07) is 4.57. The Morgan fingerprint density at radius 3 is 2.94 bits per heavy atom. The van der Waals surface area contributed by atoms with Crippen molar-refractivity contribution in [2.24, 2.45) is 0 Å². The summed E-state index contributed by atoms with van der Waals surface area (Å²) in [5.74, 6) is 0. The fourth-order valence-electron chi connectivity index (χ4n) is 2.33. The molecular weight excluding hydrogens is 328 g/mol. The molecule has 1 atom stereocenters. The van der Waals surface area contributed by atoms with Crippen molar-refractivity contribution in [2.75, 3.05) is 6.54 Å². The lowest BCUT2D eigenvalue weighted by Gasteiger charge is -2.13. The Morgan fingerprint density at radius 2 is 2.28 bits per heavy atom. The molecule has 0 aliphatic heterocycles. The second kappa shape index (κ2) is 5.41. The Kier molecular flexibility index (Phi) is 3.84. The molecule has 0 spiro atoms. The van der Waals surface area contributed by atoms with Crippen LogP contribution < -0.4 is 5.32 Å². The largest absolute Gasteiger partial charge is 0.304 e. The maximum atomic E-state index is 4.84. The van der Waals surface area contributed by atoms with Crippen LogP contribution in [0.3, 0.4) is 0 Å². The first-order valence-corrected chi connectivity index (χ1v) is 8.67. The van der Waals surface area contributed by atoms with E-state index >= 15 is 0 Å². The maximum absolute atomic E-state index is 4.84. The Balaban J connectivity index is 1.93. The van der Waals surface area contributed by atoms with Gasteiger partial charge in [-0.15, -0.1) is 22.7 Å². The van der Waals surface area contributed by atoms with E-state index < -0.39 is 0 Å². The molecule has 2 nitrogen and oxygen atoms in total. The lowest BCUT2D eigenvalue weighted by molar-refractivity contribution is 0.634. The molecule has 2 heterocycles. The van der Waals surface area contributed by atoms with E-state index in [1.807, 2.05) is 11.3 Å². The number of nitrogens with zero attached hydrogens (tertiary/aromatic N) is 1. The summed E-state index contributed by atoms with van der Waals surface area (Å²) in [6.07, 6.45) is 3.67. The molecule has 1 unspecified atom stereocenters. The van der Waals surface area contributed by atoms with Gasteiger partial charge in [-0.2, -0.15) is 0 Å². The van der Waals surface area contributed by atoms with Gasteiger partial charge in [-0.3, -0.25) is 0 Å². The van der Waals surface area contributed by atoms with Crippen LogP contribution in [0.2, 0.25) is 0 Å². The van der Waals surface area contributed by atoms with E-state index in [2.05, 4.69) is 40.3 Å². The average Bonchev–Trinajstić information content (AvgIpc) is 3.00. The third-order valence-electron chi connectivity index (χ3n) is 3.15. The normalized spacial score (nSPS) is 15.9. The number of aromatic nitrogens is 1. The first kappa shape index (κ1) is 12.8. The van der Waals surface area contributed by atoms with Gasteiger partial charge in [0.05, 0.1) is 15.5 Å². The molecule has 96 valence electrons. The zero-order valence-corrected chi connectivity index (χ0v) is 13.4. The summed E-state index contributed by atoms with van der Waals surface area (Å²) >= 11 is 7.23. The summed E-state index contributed by atoms with van der Waals surface area (Å²) in [6.45, 7) is 3.11. The first-order chi connectivity index (χ1) is 8.78. The van der Waals surface area contributed by atoms with Crippen LogP contribution in [0.25, 0.3) is 0 Å². The van der Waals surface area contributed by atoms with E-state index in [4.69, 9.17) is 4.98 Å². The zero-order valence-electron chi connectivity index (χ0n) is 10.2. The third kappa shape index (κ3) is 2.41. The van der Waals surface area contributed by atoms with Crippen LogP contribution in [-0.4, -0.2) is 11.5 Å². The van der Waals surface area contributed by atoms with Gasteiger partial charge in [-0.25, -0.2) is 4.98 Å². The number of thiazole rings is 1. The summed E-state index contributed by atoms with van der Waals surface area (Å²) in [5.41, 5.74) is 1.34. The molecule has 1 aliphatic carbocycles. The van der Waals surface area contributed by atoms with E-state index in [9.17, 15) is 0 Å². The number of aryl methyl sites for hydroxylation is 2. The molecule has 0 saturated heterocycles. The maximum Gasteiger partial charge on any atom is 0.115 e. The van der Waals surface area contributed by atoms with Crippen molar-refractivity contribution >= 4 is 38.6 Å². The van der Waals surface area contributed by atoms with E-state index in [0.717, 1.165) is 6.54 Å². The fourth-order valence-corrected chi connectivity index (χ4v) is 5.16. The smallest absolute Gasteiger partial charge is 0.115 e. The number of halogens is 1. The molecule has 0 bridgehead atoms. The summed E-state index contributed by atoms with van der Waals surface area (Å²) in [5, 5.41) is 4.79. The van der Waals surface area contributed by atoms with Crippen LogP contribution in [0.15, 0.2) is 15.9 Å². The predicted octanol–water partition coefficient (Wildman–Crippen LogP) is 4.15. The van der Waals surface area contributed by atoms with Crippen molar-refractivity contribution < 1.29 is 0 Å². The van der Waals surface area contributed by atoms with Crippen molar-refractivity contribution in [1.82, 2.24) is 10.3 Å². The second-order valence-corrected chi connectivity index (χ2v) is 8.02. The summed E-state index contributed by atoms with van der Waals surface area (Å²) in [7, 11) is 0. The highest BCUT2D eigenvalue weighted by Gasteiger charge is 2.23. The molecule has 5 heteroatoms. The average molecular weight is 343 g/mol. The van der Waals surface area contributed by atoms with Crippen LogP contribution in [0.4, 0.5) is 0 Å². The van der Waals surface area contributed by atoms with Crippen LogP contribution in [0.1, 0.15) is 39.8 Å². The number of hydrogen-bond donors (Lipinski definition) is 1. The minimum Gasteiger partial charge on any atom is -0.304 e. The predicted molar refractivity (Wildman–Crippen MR) is 81.7 cm³/mol. The highest BCUT2D eigenvalue weighted by Crippen LogP contribution is 2.36. The molecule has 0 aromatic carbocycles. The van der Waals surface area contributed by atoms with Crippen LogP contribution in [0, 0.1) is 0 Å². The molecule has 3 rings (SSSR count). The number of rotatable bonds is 4. The molecule has 0 fully saturated rings. The molecule has 0 amide bonds. The van der Waals surface area contributed by atoms with E-state index in [1.165, 1.54) is 43.5 Å². The molecule has 1 aliphatic rings. The lowest BCUT2D eigenvalue weighted by atomic mass is 10.2. The van der Waals surface area contributed by atoms with Gasteiger partial charge in [0.1, 0.15) is 5.01 Å². The quantitative estimate of drug-likeness (QED) is 0.902. The molecule has 2 aromatic rings. The van der Waals surface area contributed by atoms with Gasteiger partial charge in [-0.05, 0) is 53.9 Å². The van der Waals surface area contributed by atoms with Gasteiger partial charge in [0, 0.05) is 9.75 Å². The molecule has 0 saturated carbocycles. The van der Waals surface area contributed by atoms with Crippen molar-refractivity contribution in [3.8, 4) is 0 Å². The van der Waals surface area contributed by atoms with Crippen molar-refractivity contribution in [3.63, 3.8) is 0 Å². The zero-order chi connectivity index (χ0) is 12.5. The molecular formula is C13H15BrN2S2. The minimum atomic E-state index is 0.266. The topological polar surface area (TPSA) is 24.9 Å². The Hall–Kier alpha value is -0.230. The van der Waals surface area contributed by atoms with E-state index in [0.29, 0.717) is 0 Å². The standard InChI is InChI=1S/C13H15BrN2S2/c1-2-15-12(10-6-7-11(14)17-10)13-16-8-4-3-5-9(8)18-13/h6-7,12,15H,2-5H2,1H3. The Morgan fingerprint density at radius 1 is 1.39 bits per heavy atom. The number of fused-ring (bicyclic) bond motifs is 1. The Labute approximate surface area is 124 Å². The van der Waals surface area contributed by atoms with Crippen LogP contribution >= 0.6 is 38.6 Å². The first-order valence-electron chi connectivity index (χ1n) is 6.25. The summed E-state index contributed by atoms with van der Waals surface area (Å²) < 4.78 is 1.18. The number of nitrogens with one attached hydrogen (secondary N) is 1. The Bertz CT molecular complexity index is 525. The van der Waals surface area contributed by atoms with Gasteiger partial charge in [-0.1, -0.05) is 6.92 Å². The lowest BCUT2D eigenvalue weighted by Crippen LogP contribution is -2.21. The highest BCUT2D eigenvalue weighted by molar-refractivity contribution is 9.11. The van der Waals surface area contributed by atoms with Gasteiger partial charge >= 0.3 is 0 Å². The fraction of sp³-hybridized carbons (Fsp3) is 0.462. The van der Waals surface area contributed by atoms with Gasteiger partial charge in [0.15, 0.2) is 0 Å². The van der Waals surface area contributed by atoms with E-state index in [-0.39, 0.29) is 6.04 Å². The third-order valence-corrected chi connectivity index (χ3v) is 6.06. The van der Waals surface area contributed by atoms with Crippen molar-refractivity contribution in [3.05, 3.63) is 36.4 Å². The van der Waals surface area contributed by atoms with Gasteiger partial charge in [0.2, 0.25) is 0 Å².